The van der Waals surface area contributed by atoms with Gasteiger partial charge < -0.3 is 14.9 Å². The number of aliphatic hydroxyl groups excluding tert-OH is 1. The molecular weight excluding hydrogens is 288 g/mol. The van der Waals surface area contributed by atoms with E-state index in [1.54, 1.807) is 13.0 Å². The van der Waals surface area contributed by atoms with Gasteiger partial charge in [-0.3, -0.25) is 0 Å². The second-order valence-corrected chi connectivity index (χ2v) is 9.61. The van der Waals surface area contributed by atoms with Gasteiger partial charge in [0.25, 0.3) is 0 Å². The lowest BCUT2D eigenvalue weighted by Crippen LogP contribution is -2.59. The summed E-state index contributed by atoms with van der Waals surface area (Å²) in [6.07, 6.45) is 6.14. The first-order chi connectivity index (χ1) is 10.5. The van der Waals surface area contributed by atoms with E-state index in [4.69, 9.17) is 4.74 Å². The van der Waals surface area contributed by atoms with Crippen molar-refractivity contribution in [2.24, 2.45) is 22.7 Å². The van der Waals surface area contributed by atoms with Gasteiger partial charge in [-0.25, -0.2) is 0 Å². The molecule has 3 nitrogen and oxygen atoms in total. The molecule has 0 bridgehead atoms. The number of rotatable bonds is 2. The summed E-state index contributed by atoms with van der Waals surface area (Å²) in [6, 6.07) is 0. The zero-order valence-corrected chi connectivity index (χ0v) is 15.4. The van der Waals surface area contributed by atoms with Gasteiger partial charge in [-0.1, -0.05) is 26.8 Å². The quantitative estimate of drug-likeness (QED) is 0.762. The average Bonchev–Trinajstić information content (AvgIpc) is 2.83. The van der Waals surface area contributed by atoms with Crippen molar-refractivity contribution >= 4 is 0 Å². The first-order valence-electron chi connectivity index (χ1n) is 9.19. The van der Waals surface area contributed by atoms with Crippen LogP contribution in [0.25, 0.3) is 0 Å². The van der Waals surface area contributed by atoms with E-state index in [-0.39, 0.29) is 28.6 Å². The molecule has 2 aliphatic carbocycles. The van der Waals surface area contributed by atoms with Crippen molar-refractivity contribution < 1.29 is 14.9 Å². The van der Waals surface area contributed by atoms with Crippen LogP contribution >= 0.6 is 0 Å². The zero-order valence-electron chi connectivity index (χ0n) is 15.4. The third-order valence-electron chi connectivity index (χ3n) is 7.90. The van der Waals surface area contributed by atoms with Gasteiger partial charge in [0.05, 0.1) is 17.8 Å². The van der Waals surface area contributed by atoms with Gasteiger partial charge in [0.15, 0.2) is 0 Å². The number of ether oxygens (including phenoxy) is 1. The fourth-order valence-corrected chi connectivity index (χ4v) is 6.23. The van der Waals surface area contributed by atoms with E-state index in [0.29, 0.717) is 11.8 Å². The highest BCUT2D eigenvalue weighted by molar-refractivity contribution is 5.15. The van der Waals surface area contributed by atoms with Crippen LogP contribution in [0, 0.1) is 22.7 Å². The second kappa shape index (κ2) is 5.06. The molecule has 132 valence electrons. The molecule has 2 saturated carbocycles. The average molecular weight is 322 g/mol. The maximum Gasteiger partial charge on any atom is 0.106 e. The van der Waals surface area contributed by atoms with Gasteiger partial charge in [0.2, 0.25) is 0 Å². The maximum absolute atomic E-state index is 10.6. The molecular formula is C20H34O3. The molecule has 0 radical (unpaired) electrons. The third kappa shape index (κ3) is 2.34. The van der Waals surface area contributed by atoms with E-state index in [1.807, 2.05) is 0 Å². The third-order valence-corrected chi connectivity index (χ3v) is 7.90. The highest BCUT2D eigenvalue weighted by atomic mass is 16.5. The van der Waals surface area contributed by atoms with E-state index in [1.165, 1.54) is 0 Å². The number of fused-ring (bicyclic) bond motifs is 3. The summed E-state index contributed by atoms with van der Waals surface area (Å²) in [5.74, 6) is 0.935. The Labute approximate surface area is 141 Å². The lowest BCUT2D eigenvalue weighted by atomic mass is 9.45. The van der Waals surface area contributed by atoms with Crippen LogP contribution in [0.3, 0.4) is 0 Å². The lowest BCUT2D eigenvalue weighted by molar-refractivity contribution is -0.189. The van der Waals surface area contributed by atoms with Crippen LogP contribution in [-0.4, -0.2) is 33.6 Å². The molecule has 3 aliphatic rings. The van der Waals surface area contributed by atoms with E-state index in [9.17, 15) is 10.2 Å². The fraction of sp³-hybridized carbons (Fsp3) is 0.900. The molecule has 3 rings (SSSR count). The van der Waals surface area contributed by atoms with E-state index < -0.39 is 5.60 Å². The normalized spacial score (nSPS) is 51.4. The van der Waals surface area contributed by atoms with Crippen LogP contribution in [-0.2, 0) is 4.74 Å². The molecule has 0 amide bonds. The van der Waals surface area contributed by atoms with Gasteiger partial charge in [-0.2, -0.15) is 0 Å². The number of hydrogen-bond donors (Lipinski definition) is 2. The Balaban J connectivity index is 1.95. The van der Waals surface area contributed by atoms with Crippen molar-refractivity contribution in [3.05, 3.63) is 12.7 Å². The molecule has 1 saturated heterocycles. The molecule has 1 aliphatic heterocycles. The Hall–Kier alpha value is -0.380. The molecule has 0 unspecified atom stereocenters. The topological polar surface area (TPSA) is 49.7 Å². The highest BCUT2D eigenvalue weighted by Crippen LogP contribution is 2.66. The molecule has 3 heteroatoms. The Morgan fingerprint density at radius 3 is 2.39 bits per heavy atom. The predicted molar refractivity (Wildman–Crippen MR) is 92.1 cm³/mol. The summed E-state index contributed by atoms with van der Waals surface area (Å²) >= 11 is 0. The van der Waals surface area contributed by atoms with Crippen molar-refractivity contribution in [3.63, 3.8) is 0 Å². The monoisotopic (exact) mass is 322 g/mol. The number of hydrogen-bond acceptors (Lipinski definition) is 3. The Bertz CT molecular complexity index is 497. The first-order valence-corrected chi connectivity index (χ1v) is 9.19. The SMILES string of the molecule is C=C[C@](C)(O)[C@H]1C[C@@H]2[C@@]3(C)CC[C@H](O)C(C)(C)[C@@H]3CC[C@@]2(C)O1. The molecule has 23 heavy (non-hydrogen) atoms. The minimum Gasteiger partial charge on any atom is -0.393 e. The molecule has 0 aromatic carbocycles. The van der Waals surface area contributed by atoms with Crippen molar-refractivity contribution in [2.75, 3.05) is 0 Å². The number of aliphatic hydroxyl groups is 2. The highest BCUT2D eigenvalue weighted by Gasteiger charge is 2.64. The molecule has 1 heterocycles. The van der Waals surface area contributed by atoms with E-state index in [2.05, 4.69) is 34.3 Å². The van der Waals surface area contributed by atoms with Crippen molar-refractivity contribution in [1.29, 1.82) is 0 Å². The second-order valence-electron chi connectivity index (χ2n) is 9.61. The summed E-state index contributed by atoms with van der Waals surface area (Å²) < 4.78 is 6.43. The van der Waals surface area contributed by atoms with Crippen LogP contribution in [0.2, 0.25) is 0 Å². The molecule has 3 fully saturated rings. The van der Waals surface area contributed by atoms with Crippen LogP contribution in [0.15, 0.2) is 12.7 Å². The minimum absolute atomic E-state index is 0.0482. The predicted octanol–water partition coefficient (Wildman–Crippen LogP) is 3.68. The Morgan fingerprint density at radius 1 is 1.13 bits per heavy atom. The Morgan fingerprint density at radius 2 is 1.78 bits per heavy atom. The zero-order chi connectivity index (χ0) is 17.3. The summed E-state index contributed by atoms with van der Waals surface area (Å²) in [6.45, 7) is 14.7. The van der Waals surface area contributed by atoms with Gasteiger partial charge in [-0.05, 0) is 68.6 Å². The fourth-order valence-electron chi connectivity index (χ4n) is 6.23. The lowest BCUT2D eigenvalue weighted by Gasteiger charge is -2.61. The van der Waals surface area contributed by atoms with Crippen LogP contribution in [0.1, 0.15) is 66.7 Å². The van der Waals surface area contributed by atoms with E-state index in [0.717, 1.165) is 32.1 Å². The standard InChI is InChI=1S/C20H34O3/c1-7-19(5,22)16-12-14-18(4)10-9-15(21)17(2,3)13(18)8-11-20(14,6)23-16/h7,13-16,21-22H,1,8-12H2,2-6H3/t13-,14+,15-,16+,18-,19-,20+/m0/s1. The van der Waals surface area contributed by atoms with Crippen LogP contribution in [0.4, 0.5) is 0 Å². The molecule has 0 aromatic rings. The minimum atomic E-state index is -0.976. The largest absolute Gasteiger partial charge is 0.393 e. The van der Waals surface area contributed by atoms with Gasteiger partial charge >= 0.3 is 0 Å². The molecule has 7 atom stereocenters. The summed E-state index contributed by atoms with van der Waals surface area (Å²) in [5.41, 5.74) is -1.02. The van der Waals surface area contributed by atoms with Crippen LogP contribution in [0.5, 0.6) is 0 Å². The van der Waals surface area contributed by atoms with Gasteiger partial charge in [0.1, 0.15) is 5.60 Å². The molecule has 0 spiro atoms. The summed E-state index contributed by atoms with van der Waals surface area (Å²) in [7, 11) is 0. The first kappa shape index (κ1) is 17.4. The van der Waals surface area contributed by atoms with Crippen molar-refractivity contribution in [1.82, 2.24) is 0 Å². The molecule has 2 N–H and O–H groups in total. The summed E-state index contributed by atoms with van der Waals surface area (Å²) in [4.78, 5) is 0. The van der Waals surface area contributed by atoms with Gasteiger partial charge in [0, 0.05) is 0 Å². The smallest absolute Gasteiger partial charge is 0.106 e. The van der Waals surface area contributed by atoms with E-state index >= 15 is 0 Å². The molecule has 0 aromatic heterocycles. The maximum atomic E-state index is 10.6. The van der Waals surface area contributed by atoms with Crippen molar-refractivity contribution in [3.8, 4) is 0 Å². The van der Waals surface area contributed by atoms with Crippen LogP contribution < -0.4 is 0 Å². The summed E-state index contributed by atoms with van der Waals surface area (Å²) in [5, 5.41) is 21.2. The van der Waals surface area contributed by atoms with Gasteiger partial charge in [-0.15, -0.1) is 6.58 Å². The van der Waals surface area contributed by atoms with Crippen molar-refractivity contribution in [2.45, 2.75) is 90.1 Å². The Kier molecular flexibility index (Phi) is 3.84.